The molecule has 0 bridgehead atoms. The van der Waals surface area contributed by atoms with Crippen LogP contribution in [0.4, 0.5) is 0 Å². The average molecular weight is 218 g/mol. The quantitative estimate of drug-likeness (QED) is 0.462. The smallest absolute Gasteiger partial charge is 0.253 e. The molecule has 0 aromatic heterocycles. The lowest BCUT2D eigenvalue weighted by Gasteiger charge is -1.99. The normalized spacial score (nSPS) is 9.69. The van der Waals surface area contributed by atoms with Crippen LogP contribution in [-0.4, -0.2) is 16.9 Å². The zero-order valence-corrected chi connectivity index (χ0v) is 8.23. The molecule has 0 radical (unpaired) electrons. The van der Waals surface area contributed by atoms with Gasteiger partial charge in [0, 0.05) is 9.92 Å². The predicted molar refractivity (Wildman–Crippen MR) is 52.1 cm³/mol. The molecule has 0 saturated heterocycles. The lowest BCUT2D eigenvalue weighted by molar-refractivity contribution is -0.126. The summed E-state index contributed by atoms with van der Waals surface area (Å²) in [6.07, 6.45) is 0. The van der Waals surface area contributed by atoms with E-state index in [-0.39, 0.29) is 5.75 Å². The van der Waals surface area contributed by atoms with Crippen molar-refractivity contribution in [3.05, 3.63) is 29.3 Å². The van der Waals surface area contributed by atoms with Crippen LogP contribution >= 0.6 is 23.4 Å². The van der Waals surface area contributed by atoms with Crippen molar-refractivity contribution in [2.24, 2.45) is 0 Å². The summed E-state index contributed by atoms with van der Waals surface area (Å²) >= 11 is 7.00. The highest BCUT2D eigenvalue weighted by atomic mass is 35.5. The summed E-state index contributed by atoms with van der Waals surface area (Å²) in [5, 5.41) is 8.89. The Morgan fingerprint density at radius 3 is 2.62 bits per heavy atom. The van der Waals surface area contributed by atoms with E-state index in [4.69, 9.17) is 16.8 Å². The minimum Gasteiger partial charge on any atom is -0.289 e. The molecule has 0 heterocycles. The number of rotatable bonds is 3. The SMILES string of the molecule is O=C(CSc1ccc(Cl)cc1)NO. The number of hydroxylamine groups is 1. The molecule has 0 aliphatic carbocycles. The van der Waals surface area contributed by atoms with Crippen LogP contribution in [0.25, 0.3) is 0 Å². The maximum Gasteiger partial charge on any atom is 0.253 e. The molecule has 1 aromatic rings. The number of carbonyl (C=O) groups is 1. The predicted octanol–water partition coefficient (Wildman–Crippen LogP) is 1.94. The van der Waals surface area contributed by atoms with Gasteiger partial charge in [-0.05, 0) is 24.3 Å². The molecule has 70 valence electrons. The lowest BCUT2D eigenvalue weighted by atomic mass is 10.4. The number of thioether (sulfide) groups is 1. The zero-order chi connectivity index (χ0) is 9.68. The van der Waals surface area contributed by atoms with Crippen molar-refractivity contribution in [2.75, 3.05) is 5.75 Å². The molecule has 0 aliphatic rings. The third-order valence-corrected chi connectivity index (χ3v) is 2.57. The number of amides is 1. The van der Waals surface area contributed by atoms with Gasteiger partial charge in [-0.15, -0.1) is 11.8 Å². The minimum atomic E-state index is -0.417. The van der Waals surface area contributed by atoms with Gasteiger partial charge in [-0.3, -0.25) is 10.0 Å². The third-order valence-electron chi connectivity index (χ3n) is 1.31. The summed E-state index contributed by atoms with van der Waals surface area (Å²) in [6, 6.07) is 7.14. The summed E-state index contributed by atoms with van der Waals surface area (Å²) in [6.45, 7) is 0. The molecular weight excluding hydrogens is 210 g/mol. The van der Waals surface area contributed by atoms with E-state index in [2.05, 4.69) is 0 Å². The molecule has 0 saturated carbocycles. The van der Waals surface area contributed by atoms with Gasteiger partial charge >= 0.3 is 0 Å². The van der Waals surface area contributed by atoms with Crippen molar-refractivity contribution in [3.63, 3.8) is 0 Å². The van der Waals surface area contributed by atoms with Gasteiger partial charge in [0.25, 0.3) is 5.91 Å². The molecule has 13 heavy (non-hydrogen) atoms. The van der Waals surface area contributed by atoms with E-state index in [0.29, 0.717) is 5.02 Å². The van der Waals surface area contributed by atoms with E-state index >= 15 is 0 Å². The highest BCUT2D eigenvalue weighted by Gasteiger charge is 2.00. The maximum atomic E-state index is 10.6. The second kappa shape index (κ2) is 5.11. The van der Waals surface area contributed by atoms with Gasteiger partial charge in [-0.25, -0.2) is 5.48 Å². The Morgan fingerprint density at radius 2 is 2.08 bits per heavy atom. The molecule has 0 unspecified atom stereocenters. The molecule has 2 N–H and O–H groups in total. The highest BCUT2D eigenvalue weighted by molar-refractivity contribution is 8.00. The Labute approximate surface area is 85.0 Å². The second-order valence-electron chi connectivity index (χ2n) is 2.28. The zero-order valence-electron chi connectivity index (χ0n) is 6.66. The molecular formula is C8H8ClNO2S. The first kappa shape index (κ1) is 10.4. The summed E-state index contributed by atoms with van der Waals surface area (Å²) in [5.74, 6) is -0.224. The molecule has 3 nitrogen and oxygen atoms in total. The number of carbonyl (C=O) groups excluding carboxylic acids is 1. The monoisotopic (exact) mass is 217 g/mol. The molecule has 1 amide bonds. The molecule has 0 atom stereocenters. The summed E-state index contributed by atoms with van der Waals surface area (Å²) < 4.78 is 0. The van der Waals surface area contributed by atoms with Crippen molar-refractivity contribution in [2.45, 2.75) is 4.90 Å². The number of benzene rings is 1. The largest absolute Gasteiger partial charge is 0.289 e. The first-order chi connectivity index (χ1) is 6.22. The standard InChI is InChI=1S/C8H8ClNO2S/c9-6-1-3-7(4-2-6)13-5-8(11)10-12/h1-4,12H,5H2,(H,10,11). The van der Waals surface area contributed by atoms with Crippen LogP contribution in [0, 0.1) is 0 Å². The fourth-order valence-corrected chi connectivity index (χ4v) is 1.53. The summed E-state index contributed by atoms with van der Waals surface area (Å²) in [7, 11) is 0. The molecule has 0 spiro atoms. The molecule has 1 aromatic carbocycles. The fourth-order valence-electron chi connectivity index (χ4n) is 0.712. The van der Waals surface area contributed by atoms with E-state index in [1.54, 1.807) is 17.6 Å². The van der Waals surface area contributed by atoms with Crippen molar-refractivity contribution in [3.8, 4) is 0 Å². The summed E-state index contributed by atoms with van der Waals surface area (Å²) in [5.41, 5.74) is 1.56. The van der Waals surface area contributed by atoms with Crippen molar-refractivity contribution < 1.29 is 10.0 Å². The average Bonchev–Trinajstić information content (AvgIpc) is 2.16. The van der Waals surface area contributed by atoms with Crippen molar-refractivity contribution in [1.29, 1.82) is 0 Å². The van der Waals surface area contributed by atoms with Gasteiger partial charge in [0.1, 0.15) is 0 Å². The van der Waals surface area contributed by atoms with Gasteiger partial charge < -0.3 is 0 Å². The number of hydrogen-bond donors (Lipinski definition) is 2. The van der Waals surface area contributed by atoms with Crippen LogP contribution < -0.4 is 5.48 Å². The van der Waals surface area contributed by atoms with Gasteiger partial charge in [0.2, 0.25) is 0 Å². The highest BCUT2D eigenvalue weighted by Crippen LogP contribution is 2.19. The van der Waals surface area contributed by atoms with E-state index in [1.165, 1.54) is 11.8 Å². The second-order valence-corrected chi connectivity index (χ2v) is 3.76. The van der Waals surface area contributed by atoms with Gasteiger partial charge in [0.05, 0.1) is 5.75 Å². The first-order valence-corrected chi connectivity index (χ1v) is 4.90. The van der Waals surface area contributed by atoms with Gasteiger partial charge in [-0.1, -0.05) is 11.6 Å². The topological polar surface area (TPSA) is 49.3 Å². The van der Waals surface area contributed by atoms with Crippen LogP contribution in [0.3, 0.4) is 0 Å². The maximum absolute atomic E-state index is 10.6. The fraction of sp³-hybridized carbons (Fsp3) is 0.125. The Hall–Kier alpha value is -0.710. The van der Waals surface area contributed by atoms with E-state index in [9.17, 15) is 4.79 Å². The Kier molecular flexibility index (Phi) is 4.08. The van der Waals surface area contributed by atoms with Crippen LogP contribution in [0.2, 0.25) is 5.02 Å². The van der Waals surface area contributed by atoms with Crippen LogP contribution in [0.5, 0.6) is 0 Å². The van der Waals surface area contributed by atoms with Crippen molar-refractivity contribution in [1.82, 2.24) is 5.48 Å². The minimum absolute atomic E-state index is 0.193. The molecule has 0 fully saturated rings. The van der Waals surface area contributed by atoms with Crippen LogP contribution in [-0.2, 0) is 4.79 Å². The van der Waals surface area contributed by atoms with Crippen LogP contribution in [0.1, 0.15) is 0 Å². The van der Waals surface area contributed by atoms with Crippen molar-refractivity contribution >= 4 is 29.3 Å². The Balaban J connectivity index is 2.46. The van der Waals surface area contributed by atoms with Gasteiger partial charge in [-0.2, -0.15) is 0 Å². The lowest BCUT2D eigenvalue weighted by Crippen LogP contribution is -2.20. The van der Waals surface area contributed by atoms with Crippen LogP contribution in [0.15, 0.2) is 29.2 Å². The number of nitrogens with one attached hydrogen (secondary N) is 1. The van der Waals surface area contributed by atoms with Gasteiger partial charge in [0.15, 0.2) is 0 Å². The Bertz CT molecular complexity index is 289. The molecule has 5 heteroatoms. The Morgan fingerprint density at radius 1 is 1.46 bits per heavy atom. The first-order valence-electron chi connectivity index (χ1n) is 3.53. The summed E-state index contributed by atoms with van der Waals surface area (Å²) in [4.78, 5) is 11.6. The number of halogens is 1. The van der Waals surface area contributed by atoms with E-state index in [0.717, 1.165) is 4.90 Å². The third kappa shape index (κ3) is 3.67. The number of hydrogen-bond acceptors (Lipinski definition) is 3. The molecule has 0 aliphatic heterocycles. The molecule has 1 rings (SSSR count). The van der Waals surface area contributed by atoms with E-state index < -0.39 is 5.91 Å². The van der Waals surface area contributed by atoms with E-state index in [1.807, 2.05) is 12.1 Å².